The number of nitrogens with zero attached hydrogens (tertiary/aromatic N) is 1. The molecular formula is C17H16FNO4S. The number of ether oxygens (including phenoxy) is 1. The quantitative estimate of drug-likeness (QED) is 0.594. The Balaban J connectivity index is 2.20. The van der Waals surface area contributed by atoms with Gasteiger partial charge in [-0.1, -0.05) is 0 Å². The number of esters is 1. The van der Waals surface area contributed by atoms with Gasteiger partial charge in [0.25, 0.3) is 5.91 Å². The number of amides is 1. The second-order valence-electron chi connectivity index (χ2n) is 4.97. The normalized spacial score (nSPS) is 10.3. The van der Waals surface area contributed by atoms with Gasteiger partial charge in [0.1, 0.15) is 12.4 Å². The molecule has 5 nitrogen and oxygen atoms in total. The van der Waals surface area contributed by atoms with Crippen molar-refractivity contribution in [2.75, 3.05) is 20.2 Å². The minimum atomic E-state index is -0.519. The van der Waals surface area contributed by atoms with Crippen molar-refractivity contribution < 1.29 is 23.5 Å². The summed E-state index contributed by atoms with van der Waals surface area (Å²) in [6.07, 6.45) is 0. The summed E-state index contributed by atoms with van der Waals surface area (Å²) in [6.45, 7) is 1.71. The zero-order valence-electron chi connectivity index (χ0n) is 13.2. The van der Waals surface area contributed by atoms with Crippen molar-refractivity contribution in [1.29, 1.82) is 0 Å². The molecule has 1 heterocycles. The zero-order chi connectivity index (χ0) is 17.7. The number of hydrogen-bond donors (Lipinski definition) is 0. The number of rotatable bonds is 6. The SMILES string of the molecule is CCOC(=O)CN(C)C(=O)c1ccsc1C(=O)c1ccc(F)cc1. The Kier molecular flexibility index (Phi) is 5.81. The second kappa shape index (κ2) is 7.83. The Hall–Kier alpha value is -2.54. The van der Waals surface area contributed by atoms with Gasteiger partial charge in [-0.2, -0.15) is 0 Å². The van der Waals surface area contributed by atoms with Crippen LogP contribution in [0.3, 0.4) is 0 Å². The third-order valence-electron chi connectivity index (χ3n) is 3.23. The third kappa shape index (κ3) is 4.05. The Labute approximate surface area is 142 Å². The molecule has 0 bridgehead atoms. The molecule has 0 spiro atoms. The van der Waals surface area contributed by atoms with E-state index in [1.54, 1.807) is 12.3 Å². The molecule has 0 aliphatic heterocycles. The first kappa shape index (κ1) is 17.8. The molecule has 126 valence electrons. The third-order valence-corrected chi connectivity index (χ3v) is 4.14. The summed E-state index contributed by atoms with van der Waals surface area (Å²) in [4.78, 5) is 37.9. The predicted octanol–water partition coefficient (Wildman–Crippen LogP) is 2.75. The fourth-order valence-corrected chi connectivity index (χ4v) is 2.91. The number of benzene rings is 1. The Morgan fingerprint density at radius 3 is 2.46 bits per heavy atom. The van der Waals surface area contributed by atoms with Crippen LogP contribution in [-0.2, 0) is 9.53 Å². The van der Waals surface area contributed by atoms with Crippen molar-refractivity contribution >= 4 is 29.0 Å². The molecule has 1 aromatic carbocycles. The van der Waals surface area contributed by atoms with Gasteiger partial charge in [0.05, 0.1) is 17.0 Å². The van der Waals surface area contributed by atoms with Crippen molar-refractivity contribution in [3.05, 3.63) is 57.5 Å². The number of halogens is 1. The number of carbonyl (C=O) groups is 3. The molecule has 0 fully saturated rings. The van der Waals surface area contributed by atoms with Crippen molar-refractivity contribution in [2.24, 2.45) is 0 Å². The largest absolute Gasteiger partial charge is 0.465 e. The Bertz CT molecular complexity index is 754. The van der Waals surface area contributed by atoms with E-state index in [1.165, 1.54) is 42.3 Å². The summed E-state index contributed by atoms with van der Waals surface area (Å²) >= 11 is 1.12. The molecule has 0 atom stereocenters. The van der Waals surface area contributed by atoms with E-state index in [0.29, 0.717) is 5.56 Å². The fraction of sp³-hybridized carbons (Fsp3) is 0.235. The minimum absolute atomic E-state index is 0.202. The summed E-state index contributed by atoms with van der Waals surface area (Å²) in [7, 11) is 1.46. The average molecular weight is 349 g/mol. The average Bonchev–Trinajstić information content (AvgIpc) is 3.03. The van der Waals surface area contributed by atoms with E-state index in [2.05, 4.69) is 0 Å². The Morgan fingerprint density at radius 1 is 1.17 bits per heavy atom. The molecule has 2 rings (SSSR count). The van der Waals surface area contributed by atoms with Gasteiger partial charge < -0.3 is 9.64 Å². The lowest BCUT2D eigenvalue weighted by atomic mass is 10.1. The molecule has 0 N–H and O–H groups in total. The van der Waals surface area contributed by atoms with Gasteiger partial charge in [-0.15, -0.1) is 11.3 Å². The van der Waals surface area contributed by atoms with Gasteiger partial charge in [0, 0.05) is 12.6 Å². The highest BCUT2D eigenvalue weighted by atomic mass is 32.1. The fourth-order valence-electron chi connectivity index (χ4n) is 2.06. The summed E-state index contributed by atoms with van der Waals surface area (Å²) in [5.74, 6) is -1.77. The van der Waals surface area contributed by atoms with Gasteiger partial charge in [-0.05, 0) is 42.6 Å². The van der Waals surface area contributed by atoms with Crippen molar-refractivity contribution in [3.63, 3.8) is 0 Å². The standard InChI is InChI=1S/C17H16FNO4S/c1-3-23-14(20)10-19(2)17(22)13-8-9-24-16(13)15(21)11-4-6-12(18)7-5-11/h4-9H,3,10H2,1-2H3. The molecule has 0 aliphatic rings. The van der Waals surface area contributed by atoms with E-state index in [1.807, 2.05) is 0 Å². The smallest absolute Gasteiger partial charge is 0.325 e. The Morgan fingerprint density at radius 2 is 1.83 bits per heavy atom. The first-order chi connectivity index (χ1) is 11.4. The number of hydrogen-bond acceptors (Lipinski definition) is 5. The molecule has 0 radical (unpaired) electrons. The second-order valence-corrected chi connectivity index (χ2v) is 5.88. The number of likely N-dealkylation sites (N-methyl/N-ethyl adjacent to an activating group) is 1. The van der Waals surface area contributed by atoms with Crippen LogP contribution < -0.4 is 0 Å². The van der Waals surface area contributed by atoms with Crippen molar-refractivity contribution in [1.82, 2.24) is 4.90 Å². The predicted molar refractivity (Wildman–Crippen MR) is 87.7 cm³/mol. The molecular weight excluding hydrogens is 333 g/mol. The van der Waals surface area contributed by atoms with Crippen LogP contribution in [0.5, 0.6) is 0 Å². The van der Waals surface area contributed by atoms with Gasteiger partial charge in [0.15, 0.2) is 0 Å². The molecule has 2 aromatic rings. The summed E-state index contributed by atoms with van der Waals surface area (Å²) in [5.41, 5.74) is 0.502. The van der Waals surface area contributed by atoms with Crippen LogP contribution >= 0.6 is 11.3 Å². The first-order valence-electron chi connectivity index (χ1n) is 7.23. The molecule has 0 saturated heterocycles. The highest BCUT2D eigenvalue weighted by molar-refractivity contribution is 7.12. The van der Waals surface area contributed by atoms with Crippen LogP contribution in [0.25, 0.3) is 0 Å². The van der Waals surface area contributed by atoms with Crippen LogP contribution in [-0.4, -0.2) is 42.8 Å². The van der Waals surface area contributed by atoms with E-state index in [4.69, 9.17) is 4.74 Å². The molecule has 0 saturated carbocycles. The van der Waals surface area contributed by atoms with E-state index < -0.39 is 17.7 Å². The molecule has 24 heavy (non-hydrogen) atoms. The lowest BCUT2D eigenvalue weighted by molar-refractivity contribution is -0.143. The van der Waals surface area contributed by atoms with E-state index in [9.17, 15) is 18.8 Å². The lowest BCUT2D eigenvalue weighted by Crippen LogP contribution is -2.33. The minimum Gasteiger partial charge on any atom is -0.465 e. The van der Waals surface area contributed by atoms with Crippen LogP contribution in [0.15, 0.2) is 35.7 Å². The monoisotopic (exact) mass is 349 g/mol. The first-order valence-corrected chi connectivity index (χ1v) is 8.10. The summed E-state index contributed by atoms with van der Waals surface area (Å²) in [5, 5.41) is 1.63. The van der Waals surface area contributed by atoms with E-state index in [0.717, 1.165) is 11.3 Å². The van der Waals surface area contributed by atoms with Crippen LogP contribution in [0, 0.1) is 5.82 Å². The van der Waals surface area contributed by atoms with Gasteiger partial charge in [-0.25, -0.2) is 4.39 Å². The van der Waals surface area contributed by atoms with Gasteiger partial charge in [-0.3, -0.25) is 14.4 Å². The number of carbonyl (C=O) groups excluding carboxylic acids is 3. The van der Waals surface area contributed by atoms with Gasteiger partial charge in [0.2, 0.25) is 5.78 Å². The molecule has 0 unspecified atom stereocenters. The van der Waals surface area contributed by atoms with Crippen molar-refractivity contribution in [3.8, 4) is 0 Å². The highest BCUT2D eigenvalue weighted by Crippen LogP contribution is 2.22. The van der Waals surface area contributed by atoms with E-state index >= 15 is 0 Å². The molecule has 0 aliphatic carbocycles. The van der Waals surface area contributed by atoms with Gasteiger partial charge >= 0.3 is 5.97 Å². The number of thiophene rings is 1. The molecule has 1 amide bonds. The topological polar surface area (TPSA) is 63.7 Å². The molecule has 7 heteroatoms. The van der Waals surface area contributed by atoms with Crippen LogP contribution in [0.4, 0.5) is 4.39 Å². The molecule has 1 aromatic heterocycles. The maximum absolute atomic E-state index is 13.0. The summed E-state index contributed by atoms with van der Waals surface area (Å²) < 4.78 is 17.8. The highest BCUT2D eigenvalue weighted by Gasteiger charge is 2.23. The summed E-state index contributed by atoms with van der Waals surface area (Å²) in [6, 6.07) is 6.65. The maximum atomic E-state index is 13.0. The van der Waals surface area contributed by atoms with Crippen LogP contribution in [0.1, 0.15) is 32.5 Å². The maximum Gasteiger partial charge on any atom is 0.325 e. The van der Waals surface area contributed by atoms with E-state index in [-0.39, 0.29) is 29.4 Å². The number of ketones is 1. The van der Waals surface area contributed by atoms with Crippen LogP contribution in [0.2, 0.25) is 0 Å². The van der Waals surface area contributed by atoms with Crippen molar-refractivity contribution in [2.45, 2.75) is 6.92 Å². The zero-order valence-corrected chi connectivity index (χ0v) is 14.1. The lowest BCUT2D eigenvalue weighted by Gasteiger charge is -2.16.